The molecule has 0 aromatic carbocycles. The molecule has 0 aromatic rings. The molecule has 9 nitrogen and oxygen atoms in total. The maximum atomic E-state index is 13.1. The molecule has 29 heavy (non-hydrogen) atoms. The number of hydrogen-bond donors (Lipinski definition) is 2. The molecule has 2 atom stereocenters. The van der Waals surface area contributed by atoms with Crippen molar-refractivity contribution in [2.24, 2.45) is 5.92 Å². The Hall–Kier alpha value is -2.45. The van der Waals surface area contributed by atoms with Crippen LogP contribution in [0.2, 0.25) is 0 Å². The van der Waals surface area contributed by atoms with Crippen molar-refractivity contribution in [3.8, 4) is 0 Å². The second-order valence-corrected chi connectivity index (χ2v) is 7.22. The number of methoxy groups -OCH3 is 1. The fourth-order valence-corrected chi connectivity index (χ4v) is 3.61. The summed E-state index contributed by atoms with van der Waals surface area (Å²) in [6, 6.07) is -1.81. The van der Waals surface area contributed by atoms with E-state index in [1.54, 1.807) is 0 Å². The molecule has 0 saturated carbocycles. The molecule has 1 saturated heterocycles. The van der Waals surface area contributed by atoms with Crippen molar-refractivity contribution in [1.29, 1.82) is 0 Å². The van der Waals surface area contributed by atoms with Crippen molar-refractivity contribution in [1.82, 2.24) is 15.5 Å². The topological polar surface area (TPSA) is 122 Å². The molecule has 1 fully saturated rings. The average molecular weight is 411 g/mol. The Morgan fingerprint density at radius 2 is 1.83 bits per heavy atom. The third kappa shape index (κ3) is 7.47. The molecular weight excluding hydrogens is 378 g/mol. The van der Waals surface area contributed by atoms with E-state index in [1.807, 2.05) is 13.8 Å². The Morgan fingerprint density at radius 1 is 1.17 bits per heavy atom. The third-order valence-electron chi connectivity index (χ3n) is 5.06. The number of amides is 3. The van der Waals surface area contributed by atoms with Crippen LogP contribution in [0.5, 0.6) is 0 Å². The summed E-state index contributed by atoms with van der Waals surface area (Å²) < 4.78 is 4.68. The van der Waals surface area contributed by atoms with E-state index in [-0.39, 0.29) is 24.8 Å². The maximum absolute atomic E-state index is 13.1. The first-order chi connectivity index (χ1) is 13.9. The van der Waals surface area contributed by atoms with Crippen molar-refractivity contribution in [3.63, 3.8) is 0 Å². The van der Waals surface area contributed by atoms with E-state index < -0.39 is 29.9 Å². The molecule has 0 spiro atoms. The van der Waals surface area contributed by atoms with E-state index in [2.05, 4.69) is 15.4 Å². The van der Waals surface area contributed by atoms with Crippen LogP contribution in [0, 0.1) is 5.92 Å². The van der Waals surface area contributed by atoms with Gasteiger partial charge in [-0.3, -0.25) is 19.2 Å². The van der Waals surface area contributed by atoms with Crippen LogP contribution in [0.15, 0.2) is 0 Å². The van der Waals surface area contributed by atoms with E-state index in [0.717, 1.165) is 12.8 Å². The van der Waals surface area contributed by atoms with Crippen molar-refractivity contribution in [2.75, 3.05) is 20.2 Å². The van der Waals surface area contributed by atoms with Gasteiger partial charge in [0.25, 0.3) is 0 Å². The summed E-state index contributed by atoms with van der Waals surface area (Å²) in [6.07, 6.45) is 4.41. The Morgan fingerprint density at radius 3 is 2.38 bits per heavy atom. The van der Waals surface area contributed by atoms with Crippen LogP contribution >= 0.6 is 0 Å². The zero-order chi connectivity index (χ0) is 21.8. The van der Waals surface area contributed by atoms with E-state index in [9.17, 15) is 24.0 Å². The van der Waals surface area contributed by atoms with E-state index in [0.29, 0.717) is 38.5 Å². The maximum Gasteiger partial charge on any atom is 0.308 e. The van der Waals surface area contributed by atoms with Crippen molar-refractivity contribution >= 4 is 30.0 Å². The minimum atomic E-state index is -1.09. The quantitative estimate of drug-likeness (QED) is 0.357. The Labute approximate surface area is 171 Å². The molecule has 0 aliphatic carbocycles. The normalized spacial score (nSPS) is 17.0. The standard InChI is InChI=1S/C20H33N3O6/c1-4-7-14(8-5-2)18(26)22-15(13-17(25)29-3)20(28)23-11-6-9-16(23)19(27)21-10-12-24/h12,14-16H,4-11,13H2,1-3H3,(H,21,27)(H,22,26)/t15-,16-/m0/s1. The van der Waals surface area contributed by atoms with Gasteiger partial charge in [0.05, 0.1) is 20.1 Å². The molecule has 1 aliphatic rings. The summed E-state index contributed by atoms with van der Waals surface area (Å²) >= 11 is 0. The fraction of sp³-hybridized carbons (Fsp3) is 0.750. The minimum absolute atomic E-state index is 0.130. The molecule has 1 rings (SSSR count). The zero-order valence-corrected chi connectivity index (χ0v) is 17.6. The van der Waals surface area contributed by atoms with Crippen LogP contribution in [0.3, 0.4) is 0 Å². The van der Waals surface area contributed by atoms with Crippen LogP contribution < -0.4 is 10.6 Å². The first-order valence-electron chi connectivity index (χ1n) is 10.3. The number of rotatable bonds is 12. The number of hydrogen-bond acceptors (Lipinski definition) is 6. The molecule has 2 N–H and O–H groups in total. The van der Waals surface area contributed by atoms with Gasteiger partial charge in [0.2, 0.25) is 17.7 Å². The van der Waals surface area contributed by atoms with Crippen LogP contribution in [-0.2, 0) is 28.7 Å². The molecule has 164 valence electrons. The second-order valence-electron chi connectivity index (χ2n) is 7.22. The number of aldehydes is 1. The lowest BCUT2D eigenvalue weighted by Crippen LogP contribution is -2.55. The fourth-order valence-electron chi connectivity index (χ4n) is 3.61. The van der Waals surface area contributed by atoms with Gasteiger partial charge < -0.3 is 25.1 Å². The molecule has 0 bridgehead atoms. The van der Waals surface area contributed by atoms with Gasteiger partial charge in [-0.2, -0.15) is 0 Å². The molecule has 0 unspecified atom stereocenters. The highest BCUT2D eigenvalue weighted by Crippen LogP contribution is 2.20. The second kappa shape index (κ2) is 12.9. The third-order valence-corrected chi connectivity index (χ3v) is 5.06. The first-order valence-corrected chi connectivity index (χ1v) is 10.3. The summed E-state index contributed by atoms with van der Waals surface area (Å²) in [5, 5.41) is 5.18. The van der Waals surface area contributed by atoms with Crippen LogP contribution in [0.25, 0.3) is 0 Å². The van der Waals surface area contributed by atoms with E-state index >= 15 is 0 Å². The predicted octanol–water partition coefficient (Wildman–Crippen LogP) is 0.557. The number of esters is 1. The molecule has 1 heterocycles. The number of nitrogens with one attached hydrogen (secondary N) is 2. The summed E-state index contributed by atoms with van der Waals surface area (Å²) in [5.41, 5.74) is 0. The smallest absolute Gasteiger partial charge is 0.308 e. The molecule has 0 aromatic heterocycles. The molecular formula is C20H33N3O6. The first kappa shape index (κ1) is 24.6. The summed E-state index contributed by atoms with van der Waals surface area (Å²) in [6.45, 7) is 4.19. The Kier molecular flexibility index (Phi) is 10.9. The number of nitrogens with zero attached hydrogens (tertiary/aromatic N) is 1. The lowest BCUT2D eigenvalue weighted by molar-refractivity contribution is -0.147. The Bertz CT molecular complexity index is 589. The van der Waals surface area contributed by atoms with Gasteiger partial charge in [-0.1, -0.05) is 26.7 Å². The average Bonchev–Trinajstić information content (AvgIpc) is 3.20. The largest absolute Gasteiger partial charge is 0.469 e. The lowest BCUT2D eigenvalue weighted by Gasteiger charge is -2.29. The van der Waals surface area contributed by atoms with Crippen LogP contribution in [0.1, 0.15) is 58.8 Å². The number of ether oxygens (including phenoxy) is 1. The lowest BCUT2D eigenvalue weighted by atomic mass is 9.96. The van der Waals surface area contributed by atoms with Gasteiger partial charge >= 0.3 is 5.97 Å². The van der Waals surface area contributed by atoms with Gasteiger partial charge in [-0.05, 0) is 25.7 Å². The molecule has 3 amide bonds. The van der Waals surface area contributed by atoms with Crippen molar-refractivity contribution < 1.29 is 28.7 Å². The van der Waals surface area contributed by atoms with Gasteiger partial charge in [0.1, 0.15) is 18.4 Å². The van der Waals surface area contributed by atoms with Crippen molar-refractivity contribution in [2.45, 2.75) is 70.9 Å². The number of likely N-dealkylation sites (tertiary alicyclic amines) is 1. The SMILES string of the molecule is CCCC(CCC)C(=O)N[C@@H](CC(=O)OC)C(=O)N1CCC[C@H]1C(=O)NCC=O. The zero-order valence-electron chi connectivity index (χ0n) is 17.6. The highest BCUT2D eigenvalue weighted by molar-refractivity contribution is 5.95. The van der Waals surface area contributed by atoms with Gasteiger partial charge in [0.15, 0.2) is 0 Å². The summed E-state index contributed by atoms with van der Waals surface area (Å²) in [5.74, 6) is -2.02. The summed E-state index contributed by atoms with van der Waals surface area (Å²) in [4.78, 5) is 61.8. The van der Waals surface area contributed by atoms with Crippen molar-refractivity contribution in [3.05, 3.63) is 0 Å². The summed E-state index contributed by atoms with van der Waals surface area (Å²) in [7, 11) is 1.22. The molecule has 9 heteroatoms. The Balaban J connectivity index is 2.95. The number of carbonyl (C=O) groups is 5. The van der Waals surface area contributed by atoms with Gasteiger partial charge in [-0.15, -0.1) is 0 Å². The monoisotopic (exact) mass is 411 g/mol. The van der Waals surface area contributed by atoms with Gasteiger partial charge in [-0.25, -0.2) is 0 Å². The molecule has 0 radical (unpaired) electrons. The van der Waals surface area contributed by atoms with Crippen LogP contribution in [0.4, 0.5) is 0 Å². The highest BCUT2D eigenvalue weighted by Gasteiger charge is 2.38. The predicted molar refractivity (Wildman–Crippen MR) is 106 cm³/mol. The number of carbonyl (C=O) groups excluding carboxylic acids is 5. The van der Waals surface area contributed by atoms with E-state index in [4.69, 9.17) is 0 Å². The minimum Gasteiger partial charge on any atom is -0.469 e. The van der Waals surface area contributed by atoms with Crippen LogP contribution in [-0.4, -0.2) is 67.2 Å². The molecule has 1 aliphatic heterocycles. The highest BCUT2D eigenvalue weighted by atomic mass is 16.5. The van der Waals surface area contributed by atoms with Gasteiger partial charge in [0, 0.05) is 12.5 Å². The van der Waals surface area contributed by atoms with E-state index in [1.165, 1.54) is 12.0 Å².